The van der Waals surface area contributed by atoms with Crippen molar-refractivity contribution in [2.75, 3.05) is 5.32 Å². The normalized spacial score (nSPS) is 12.0. The number of hydrogen-bond donors (Lipinski definition) is 1. The van der Waals surface area contributed by atoms with Crippen LogP contribution in [0.3, 0.4) is 0 Å². The molecule has 22 heavy (non-hydrogen) atoms. The second-order valence-corrected chi connectivity index (χ2v) is 7.25. The van der Waals surface area contributed by atoms with Crippen LogP contribution < -0.4 is 5.32 Å². The Labute approximate surface area is 136 Å². The van der Waals surface area contributed by atoms with Gasteiger partial charge in [0.1, 0.15) is 4.88 Å². The lowest BCUT2D eigenvalue weighted by molar-refractivity contribution is -0.123. The molecule has 2 rings (SSSR count). The number of aryl methyl sites for hydroxylation is 4. The Morgan fingerprint density at radius 1 is 1.09 bits per heavy atom. The number of aromatic nitrogens is 2. The summed E-state index contributed by atoms with van der Waals surface area (Å²) in [4.78, 5) is 34.0. The van der Waals surface area contributed by atoms with E-state index < -0.39 is 18.0 Å². The molecule has 0 fully saturated rings. The summed E-state index contributed by atoms with van der Waals surface area (Å²) in [7, 11) is 0. The molecule has 0 bridgehead atoms. The van der Waals surface area contributed by atoms with Gasteiger partial charge < -0.3 is 4.74 Å². The van der Waals surface area contributed by atoms with E-state index in [0.717, 1.165) is 15.6 Å². The summed E-state index contributed by atoms with van der Waals surface area (Å²) in [5, 5.41) is 3.95. The van der Waals surface area contributed by atoms with E-state index >= 15 is 0 Å². The highest BCUT2D eigenvalue weighted by Crippen LogP contribution is 2.22. The van der Waals surface area contributed by atoms with Gasteiger partial charge in [0, 0.05) is 4.88 Å². The van der Waals surface area contributed by atoms with Gasteiger partial charge in [-0.15, -0.1) is 22.7 Å². The molecule has 2 aromatic heterocycles. The maximum absolute atomic E-state index is 12.1. The number of hydrogen-bond acceptors (Lipinski definition) is 7. The van der Waals surface area contributed by atoms with Crippen LogP contribution in [0.1, 0.15) is 37.9 Å². The van der Waals surface area contributed by atoms with Gasteiger partial charge in [0.25, 0.3) is 5.91 Å². The number of nitrogens with one attached hydrogen (secondary N) is 1. The van der Waals surface area contributed by atoms with Crippen molar-refractivity contribution < 1.29 is 14.3 Å². The zero-order valence-corrected chi connectivity index (χ0v) is 14.6. The first kappa shape index (κ1) is 16.6. The molecule has 8 heteroatoms. The van der Waals surface area contributed by atoms with E-state index in [1.165, 1.54) is 29.6 Å². The smallest absolute Gasteiger partial charge is 0.351 e. The predicted octanol–water partition coefficient (Wildman–Crippen LogP) is 3.02. The van der Waals surface area contributed by atoms with Crippen molar-refractivity contribution in [3.05, 3.63) is 26.1 Å². The second-order valence-electron chi connectivity index (χ2n) is 4.84. The molecule has 0 aliphatic rings. The average Bonchev–Trinajstić information content (AvgIpc) is 2.91. The summed E-state index contributed by atoms with van der Waals surface area (Å²) >= 11 is 2.65. The highest BCUT2D eigenvalue weighted by atomic mass is 32.1. The molecule has 0 saturated heterocycles. The van der Waals surface area contributed by atoms with E-state index in [-0.39, 0.29) is 0 Å². The van der Waals surface area contributed by atoms with E-state index in [0.29, 0.717) is 15.7 Å². The van der Waals surface area contributed by atoms with Crippen molar-refractivity contribution >= 4 is 39.7 Å². The number of carbonyl (C=O) groups excluding carboxylic acids is 2. The Morgan fingerprint density at radius 2 is 1.77 bits per heavy atom. The van der Waals surface area contributed by atoms with Crippen LogP contribution in [-0.2, 0) is 9.53 Å². The third kappa shape index (κ3) is 3.69. The third-order valence-corrected chi connectivity index (χ3v) is 5.04. The van der Waals surface area contributed by atoms with Crippen molar-refractivity contribution in [1.29, 1.82) is 0 Å². The molecule has 2 aromatic rings. The van der Waals surface area contributed by atoms with E-state index in [1.807, 2.05) is 20.8 Å². The van der Waals surface area contributed by atoms with Crippen LogP contribution in [0, 0.1) is 27.7 Å². The number of rotatable bonds is 4. The first-order chi connectivity index (χ1) is 10.3. The maximum atomic E-state index is 12.1. The van der Waals surface area contributed by atoms with E-state index in [4.69, 9.17) is 4.74 Å². The zero-order valence-electron chi connectivity index (χ0n) is 13.0. The average molecular weight is 339 g/mol. The lowest BCUT2D eigenvalue weighted by Gasteiger charge is -2.11. The first-order valence-electron chi connectivity index (χ1n) is 6.68. The van der Waals surface area contributed by atoms with Gasteiger partial charge in [0.2, 0.25) is 0 Å². The van der Waals surface area contributed by atoms with Gasteiger partial charge in [0.15, 0.2) is 11.2 Å². The fourth-order valence-electron chi connectivity index (χ4n) is 1.72. The van der Waals surface area contributed by atoms with Gasteiger partial charge in [-0.1, -0.05) is 0 Å². The van der Waals surface area contributed by atoms with Crippen LogP contribution in [0.5, 0.6) is 0 Å². The SMILES string of the molecule is Cc1nc(C)c(C(=O)OC(C)C(=O)Nc2nc(C)c(C)s2)s1. The van der Waals surface area contributed by atoms with Gasteiger partial charge in [-0.2, -0.15) is 0 Å². The Kier molecular flexibility index (Phi) is 4.92. The Bertz CT molecular complexity index is 701. The van der Waals surface area contributed by atoms with Crippen LogP contribution >= 0.6 is 22.7 Å². The number of ether oxygens (including phenoxy) is 1. The topological polar surface area (TPSA) is 81.2 Å². The maximum Gasteiger partial charge on any atom is 0.351 e. The predicted molar refractivity (Wildman–Crippen MR) is 86.7 cm³/mol. The Morgan fingerprint density at radius 3 is 2.27 bits per heavy atom. The minimum atomic E-state index is -0.904. The standard InChI is InChI=1S/C14H17N3O3S2/c1-6-9(4)21-14(16-6)17-12(18)8(3)20-13(19)11-7(2)15-10(5)22-11/h8H,1-5H3,(H,16,17,18). The van der Waals surface area contributed by atoms with Gasteiger partial charge in [-0.3, -0.25) is 10.1 Å². The van der Waals surface area contributed by atoms with Crippen LogP contribution in [-0.4, -0.2) is 27.9 Å². The number of nitrogens with zero attached hydrogens (tertiary/aromatic N) is 2. The highest BCUT2D eigenvalue weighted by molar-refractivity contribution is 7.15. The largest absolute Gasteiger partial charge is 0.448 e. The Balaban J connectivity index is 1.99. The minimum Gasteiger partial charge on any atom is -0.448 e. The third-order valence-electron chi connectivity index (χ3n) is 3.00. The van der Waals surface area contributed by atoms with Crippen molar-refractivity contribution in [2.45, 2.75) is 40.7 Å². The summed E-state index contributed by atoms with van der Waals surface area (Å²) in [5.41, 5.74) is 1.49. The van der Waals surface area contributed by atoms with Gasteiger partial charge in [-0.25, -0.2) is 14.8 Å². The molecule has 6 nitrogen and oxygen atoms in total. The number of anilines is 1. The summed E-state index contributed by atoms with van der Waals surface area (Å²) in [5.74, 6) is -0.932. The van der Waals surface area contributed by atoms with Crippen molar-refractivity contribution in [3.63, 3.8) is 0 Å². The fourth-order valence-corrected chi connectivity index (χ4v) is 3.34. The fraction of sp³-hybridized carbons (Fsp3) is 0.429. The number of carbonyl (C=O) groups is 2. The highest BCUT2D eigenvalue weighted by Gasteiger charge is 2.23. The molecule has 0 radical (unpaired) electrons. The lowest BCUT2D eigenvalue weighted by Crippen LogP contribution is -2.29. The molecule has 2 heterocycles. The number of amides is 1. The second kappa shape index (κ2) is 6.53. The molecule has 0 spiro atoms. The Hall–Kier alpha value is -1.80. The number of esters is 1. The van der Waals surface area contributed by atoms with Gasteiger partial charge >= 0.3 is 5.97 Å². The van der Waals surface area contributed by atoms with Gasteiger partial charge in [-0.05, 0) is 34.6 Å². The summed E-state index contributed by atoms with van der Waals surface area (Å²) < 4.78 is 5.20. The molecule has 0 aliphatic carbocycles. The minimum absolute atomic E-state index is 0.402. The molecule has 1 N–H and O–H groups in total. The quantitative estimate of drug-likeness (QED) is 0.866. The monoisotopic (exact) mass is 339 g/mol. The molecule has 1 unspecified atom stereocenters. The van der Waals surface area contributed by atoms with Crippen LogP contribution in [0.2, 0.25) is 0 Å². The van der Waals surface area contributed by atoms with Crippen molar-refractivity contribution in [1.82, 2.24) is 9.97 Å². The molecule has 0 saturated carbocycles. The molecule has 118 valence electrons. The van der Waals surface area contributed by atoms with E-state index in [1.54, 1.807) is 6.92 Å². The molecule has 0 aromatic carbocycles. The summed E-state index contributed by atoms with van der Waals surface area (Å²) in [6.45, 7) is 8.90. The van der Waals surface area contributed by atoms with Crippen LogP contribution in [0.15, 0.2) is 0 Å². The molecule has 0 aliphatic heterocycles. The van der Waals surface area contributed by atoms with Crippen molar-refractivity contribution in [2.24, 2.45) is 0 Å². The van der Waals surface area contributed by atoms with Gasteiger partial charge in [0.05, 0.1) is 16.4 Å². The lowest BCUT2D eigenvalue weighted by atomic mass is 10.3. The number of thiazole rings is 2. The molecular formula is C14H17N3O3S2. The molecule has 1 atom stereocenters. The summed E-state index contributed by atoms with van der Waals surface area (Å²) in [6.07, 6.45) is -0.904. The molecule has 1 amide bonds. The van der Waals surface area contributed by atoms with Crippen molar-refractivity contribution in [3.8, 4) is 0 Å². The van der Waals surface area contributed by atoms with Crippen LogP contribution in [0.25, 0.3) is 0 Å². The zero-order chi connectivity index (χ0) is 16.4. The van der Waals surface area contributed by atoms with E-state index in [9.17, 15) is 9.59 Å². The van der Waals surface area contributed by atoms with Crippen LogP contribution in [0.4, 0.5) is 5.13 Å². The van der Waals surface area contributed by atoms with E-state index in [2.05, 4.69) is 15.3 Å². The first-order valence-corrected chi connectivity index (χ1v) is 8.31. The molecular weight excluding hydrogens is 322 g/mol. The summed E-state index contributed by atoms with van der Waals surface area (Å²) in [6, 6.07) is 0.